The Morgan fingerprint density at radius 1 is 1.19 bits per heavy atom. The molecule has 6 heteroatoms. The van der Waals surface area contributed by atoms with Crippen molar-refractivity contribution in [2.45, 2.75) is 26.7 Å². The number of hydrogen-bond acceptors (Lipinski definition) is 4. The molecule has 0 saturated heterocycles. The quantitative estimate of drug-likeness (QED) is 0.803. The highest BCUT2D eigenvalue weighted by atomic mass is 79.9. The SMILES string of the molecule is CCCc1c(NCC)ncnc1Nc1cc(F)ccc1Br. The molecule has 0 amide bonds. The summed E-state index contributed by atoms with van der Waals surface area (Å²) >= 11 is 3.41. The Bertz CT molecular complexity index is 619. The molecule has 4 nitrogen and oxygen atoms in total. The zero-order valence-electron chi connectivity index (χ0n) is 12.1. The Morgan fingerprint density at radius 2 is 1.95 bits per heavy atom. The van der Waals surface area contributed by atoms with Gasteiger partial charge < -0.3 is 10.6 Å². The van der Waals surface area contributed by atoms with E-state index in [2.05, 4.69) is 43.5 Å². The van der Waals surface area contributed by atoms with Gasteiger partial charge in [0.1, 0.15) is 23.8 Å². The number of aromatic nitrogens is 2. The standard InChI is InChI=1S/C15H18BrFN4/c1-3-5-11-14(18-4-2)19-9-20-15(11)21-13-8-10(17)6-7-12(13)16/h6-9H,3-5H2,1-2H3,(H2,18,19,20,21). The van der Waals surface area contributed by atoms with E-state index in [1.807, 2.05) is 6.92 Å². The van der Waals surface area contributed by atoms with Gasteiger partial charge in [0, 0.05) is 16.6 Å². The second kappa shape index (κ2) is 7.36. The van der Waals surface area contributed by atoms with Gasteiger partial charge in [-0.15, -0.1) is 0 Å². The third-order valence-electron chi connectivity index (χ3n) is 2.97. The summed E-state index contributed by atoms with van der Waals surface area (Å²) in [6.45, 7) is 4.91. The van der Waals surface area contributed by atoms with Crippen LogP contribution in [0.2, 0.25) is 0 Å². The zero-order chi connectivity index (χ0) is 15.2. The summed E-state index contributed by atoms with van der Waals surface area (Å²) in [5.41, 5.74) is 1.66. The summed E-state index contributed by atoms with van der Waals surface area (Å²) in [5.74, 6) is 1.23. The number of hydrogen-bond donors (Lipinski definition) is 2. The van der Waals surface area contributed by atoms with Gasteiger partial charge >= 0.3 is 0 Å². The van der Waals surface area contributed by atoms with Crippen molar-refractivity contribution in [2.24, 2.45) is 0 Å². The minimum Gasteiger partial charge on any atom is -0.370 e. The molecule has 0 radical (unpaired) electrons. The van der Waals surface area contributed by atoms with Gasteiger partial charge in [-0.25, -0.2) is 14.4 Å². The van der Waals surface area contributed by atoms with E-state index < -0.39 is 0 Å². The fraction of sp³-hybridized carbons (Fsp3) is 0.333. The summed E-state index contributed by atoms with van der Waals surface area (Å²) in [6, 6.07) is 4.52. The van der Waals surface area contributed by atoms with Crippen molar-refractivity contribution in [3.05, 3.63) is 40.4 Å². The Kier molecular flexibility index (Phi) is 5.50. The van der Waals surface area contributed by atoms with E-state index in [1.165, 1.54) is 18.5 Å². The first-order chi connectivity index (χ1) is 10.2. The summed E-state index contributed by atoms with van der Waals surface area (Å²) in [5, 5.41) is 6.42. The summed E-state index contributed by atoms with van der Waals surface area (Å²) in [7, 11) is 0. The third kappa shape index (κ3) is 3.91. The lowest BCUT2D eigenvalue weighted by atomic mass is 10.1. The molecule has 1 heterocycles. The number of anilines is 3. The van der Waals surface area contributed by atoms with Crippen LogP contribution in [0.25, 0.3) is 0 Å². The van der Waals surface area contributed by atoms with E-state index in [0.29, 0.717) is 11.5 Å². The highest BCUT2D eigenvalue weighted by molar-refractivity contribution is 9.10. The van der Waals surface area contributed by atoms with Gasteiger partial charge in [-0.1, -0.05) is 13.3 Å². The number of nitrogens with zero attached hydrogens (tertiary/aromatic N) is 2. The van der Waals surface area contributed by atoms with E-state index in [9.17, 15) is 4.39 Å². The van der Waals surface area contributed by atoms with Crippen molar-refractivity contribution in [2.75, 3.05) is 17.2 Å². The van der Waals surface area contributed by atoms with E-state index in [4.69, 9.17) is 0 Å². The van der Waals surface area contributed by atoms with Crippen LogP contribution in [0.5, 0.6) is 0 Å². The van der Waals surface area contributed by atoms with Gasteiger partial charge in [0.15, 0.2) is 0 Å². The normalized spacial score (nSPS) is 10.5. The molecule has 0 spiro atoms. The minimum absolute atomic E-state index is 0.293. The smallest absolute Gasteiger partial charge is 0.139 e. The maximum atomic E-state index is 13.4. The molecule has 2 N–H and O–H groups in total. The fourth-order valence-electron chi connectivity index (χ4n) is 2.05. The molecule has 0 aliphatic heterocycles. The predicted molar refractivity (Wildman–Crippen MR) is 87.6 cm³/mol. The van der Waals surface area contributed by atoms with Gasteiger partial charge in [0.05, 0.1) is 5.69 Å². The monoisotopic (exact) mass is 352 g/mol. The van der Waals surface area contributed by atoms with Crippen LogP contribution in [0.15, 0.2) is 29.0 Å². The molecule has 21 heavy (non-hydrogen) atoms. The van der Waals surface area contributed by atoms with Crippen LogP contribution in [0.3, 0.4) is 0 Å². The van der Waals surface area contributed by atoms with Crippen LogP contribution in [0, 0.1) is 5.82 Å². The topological polar surface area (TPSA) is 49.8 Å². The van der Waals surface area contributed by atoms with Crippen molar-refractivity contribution in [3.63, 3.8) is 0 Å². The average molecular weight is 353 g/mol. The number of rotatable bonds is 6. The third-order valence-corrected chi connectivity index (χ3v) is 3.66. The first kappa shape index (κ1) is 15.7. The maximum absolute atomic E-state index is 13.4. The predicted octanol–water partition coefficient (Wildman–Crippen LogP) is 4.51. The van der Waals surface area contributed by atoms with Gasteiger partial charge in [-0.05, 0) is 47.5 Å². The summed E-state index contributed by atoms with van der Waals surface area (Å²) in [6.07, 6.45) is 3.33. The second-order valence-electron chi connectivity index (χ2n) is 4.58. The van der Waals surface area contributed by atoms with Gasteiger partial charge in [0.2, 0.25) is 0 Å². The van der Waals surface area contributed by atoms with Crippen LogP contribution < -0.4 is 10.6 Å². The Morgan fingerprint density at radius 3 is 2.67 bits per heavy atom. The van der Waals surface area contributed by atoms with Crippen molar-refractivity contribution in [1.29, 1.82) is 0 Å². The zero-order valence-corrected chi connectivity index (χ0v) is 13.7. The van der Waals surface area contributed by atoms with E-state index in [0.717, 1.165) is 35.2 Å². The molecule has 0 saturated carbocycles. The average Bonchev–Trinajstić information content (AvgIpc) is 2.46. The van der Waals surface area contributed by atoms with Crippen LogP contribution in [-0.2, 0) is 6.42 Å². The first-order valence-electron chi connectivity index (χ1n) is 6.95. The van der Waals surface area contributed by atoms with Crippen molar-refractivity contribution >= 4 is 33.3 Å². The molecule has 0 atom stereocenters. The molecule has 0 aliphatic carbocycles. The van der Waals surface area contributed by atoms with Gasteiger partial charge in [-0.3, -0.25) is 0 Å². The van der Waals surface area contributed by atoms with E-state index in [-0.39, 0.29) is 5.82 Å². The lowest BCUT2D eigenvalue weighted by Gasteiger charge is -2.15. The first-order valence-corrected chi connectivity index (χ1v) is 7.74. The Labute approximate surface area is 132 Å². The maximum Gasteiger partial charge on any atom is 0.139 e. The Balaban J connectivity index is 2.38. The molecule has 1 aromatic carbocycles. The molecule has 1 aromatic heterocycles. The van der Waals surface area contributed by atoms with Crippen LogP contribution in [0.4, 0.5) is 21.7 Å². The molecular formula is C15H18BrFN4. The van der Waals surface area contributed by atoms with Crippen molar-refractivity contribution in [1.82, 2.24) is 9.97 Å². The Hall–Kier alpha value is -1.69. The van der Waals surface area contributed by atoms with Gasteiger partial charge in [0.25, 0.3) is 0 Å². The summed E-state index contributed by atoms with van der Waals surface area (Å²) < 4.78 is 14.2. The number of nitrogens with one attached hydrogen (secondary N) is 2. The molecule has 2 aromatic rings. The largest absolute Gasteiger partial charge is 0.370 e. The number of halogens is 2. The highest BCUT2D eigenvalue weighted by Crippen LogP contribution is 2.29. The van der Waals surface area contributed by atoms with Gasteiger partial charge in [-0.2, -0.15) is 0 Å². The minimum atomic E-state index is -0.293. The van der Waals surface area contributed by atoms with E-state index >= 15 is 0 Å². The van der Waals surface area contributed by atoms with E-state index in [1.54, 1.807) is 6.07 Å². The molecule has 0 fully saturated rings. The molecule has 0 aliphatic rings. The van der Waals surface area contributed by atoms with Crippen molar-refractivity contribution in [3.8, 4) is 0 Å². The molecular weight excluding hydrogens is 335 g/mol. The molecule has 2 rings (SSSR count). The molecule has 0 unspecified atom stereocenters. The van der Waals surface area contributed by atoms with Crippen LogP contribution in [0.1, 0.15) is 25.8 Å². The number of benzene rings is 1. The molecule has 112 valence electrons. The summed E-state index contributed by atoms with van der Waals surface area (Å²) in [4.78, 5) is 8.58. The van der Waals surface area contributed by atoms with Crippen LogP contribution in [-0.4, -0.2) is 16.5 Å². The highest BCUT2D eigenvalue weighted by Gasteiger charge is 2.12. The fourth-order valence-corrected chi connectivity index (χ4v) is 2.39. The lowest BCUT2D eigenvalue weighted by molar-refractivity contribution is 0.628. The second-order valence-corrected chi connectivity index (χ2v) is 5.43. The van der Waals surface area contributed by atoms with Crippen LogP contribution >= 0.6 is 15.9 Å². The lowest BCUT2D eigenvalue weighted by Crippen LogP contribution is -2.08. The van der Waals surface area contributed by atoms with Crippen molar-refractivity contribution < 1.29 is 4.39 Å². The molecule has 0 bridgehead atoms.